The third-order valence-corrected chi connectivity index (χ3v) is 6.38. The van der Waals surface area contributed by atoms with E-state index < -0.39 is 6.09 Å². The molecule has 1 heterocycles. The predicted molar refractivity (Wildman–Crippen MR) is 119 cm³/mol. The topological polar surface area (TPSA) is 58.4 Å². The lowest BCUT2D eigenvalue weighted by Crippen LogP contribution is -2.32. The van der Waals surface area contributed by atoms with Gasteiger partial charge in [-0.15, -0.1) is 0 Å². The summed E-state index contributed by atoms with van der Waals surface area (Å²) in [5.41, 5.74) is 6.33. The van der Waals surface area contributed by atoms with Gasteiger partial charge in [-0.05, 0) is 66.8 Å². The Morgan fingerprint density at radius 1 is 1.23 bits per heavy atom. The van der Waals surface area contributed by atoms with Crippen molar-refractivity contribution in [2.75, 3.05) is 13.6 Å². The molecule has 1 amide bonds. The molecule has 1 aromatic heterocycles. The quantitative estimate of drug-likeness (QED) is 0.627. The fourth-order valence-electron chi connectivity index (χ4n) is 4.32. The first-order valence-electron chi connectivity index (χ1n) is 10.3. The Hall–Kier alpha value is -3.41. The fraction of sp³-hybridized carbons (Fsp3) is 0.280. The first-order chi connectivity index (χ1) is 14.8. The first-order valence-corrected chi connectivity index (χ1v) is 10.3. The van der Waals surface area contributed by atoms with Crippen LogP contribution in [0.2, 0.25) is 0 Å². The van der Waals surface area contributed by atoms with Crippen LogP contribution in [0.15, 0.2) is 60.3 Å². The summed E-state index contributed by atoms with van der Waals surface area (Å²) in [6.45, 7) is 4.81. The highest BCUT2D eigenvalue weighted by Crippen LogP contribution is 2.42. The predicted octanol–water partition coefficient (Wildman–Crippen LogP) is 5.08. The van der Waals surface area contributed by atoms with Crippen LogP contribution in [0.4, 0.5) is 9.18 Å². The van der Waals surface area contributed by atoms with Gasteiger partial charge in [0, 0.05) is 19.0 Å². The monoisotopic (exact) mass is 419 g/mol. The number of carboxylic acid groups (broad SMARTS) is 1. The molecule has 0 spiro atoms. The third kappa shape index (κ3) is 3.85. The molecule has 1 aliphatic rings. The van der Waals surface area contributed by atoms with Gasteiger partial charge in [0.1, 0.15) is 5.82 Å². The first kappa shape index (κ1) is 20.8. The van der Waals surface area contributed by atoms with E-state index in [4.69, 9.17) is 0 Å². The summed E-state index contributed by atoms with van der Waals surface area (Å²) in [5, 5.41) is 13.7. The molecule has 160 valence electrons. The second-order valence-corrected chi connectivity index (χ2v) is 8.39. The summed E-state index contributed by atoms with van der Waals surface area (Å²) < 4.78 is 15.2. The van der Waals surface area contributed by atoms with Crippen molar-refractivity contribution in [2.24, 2.45) is 0 Å². The second-order valence-electron chi connectivity index (χ2n) is 8.39. The maximum atomic E-state index is 13.3. The highest BCUT2D eigenvalue weighted by molar-refractivity contribution is 5.65. The largest absolute Gasteiger partial charge is 0.465 e. The van der Waals surface area contributed by atoms with Crippen LogP contribution in [-0.2, 0) is 18.3 Å². The maximum absolute atomic E-state index is 13.3. The van der Waals surface area contributed by atoms with Crippen LogP contribution in [-0.4, -0.2) is 39.5 Å². The number of hydrogen-bond donors (Lipinski definition) is 1. The van der Waals surface area contributed by atoms with Crippen molar-refractivity contribution >= 4 is 12.2 Å². The van der Waals surface area contributed by atoms with Gasteiger partial charge in [0.05, 0.1) is 17.6 Å². The Bertz CT molecular complexity index is 1150. The van der Waals surface area contributed by atoms with Crippen LogP contribution in [0, 0.1) is 5.82 Å². The van der Waals surface area contributed by atoms with Gasteiger partial charge >= 0.3 is 6.09 Å². The molecule has 5 nitrogen and oxygen atoms in total. The third-order valence-electron chi connectivity index (χ3n) is 6.38. The molecule has 0 saturated heterocycles. The molecule has 0 bridgehead atoms. The van der Waals surface area contributed by atoms with Crippen molar-refractivity contribution in [3.8, 4) is 5.69 Å². The summed E-state index contributed by atoms with van der Waals surface area (Å²) >= 11 is 0. The molecule has 31 heavy (non-hydrogen) atoms. The molecular formula is C25H26FN3O2. The van der Waals surface area contributed by atoms with E-state index >= 15 is 0 Å². The number of halogens is 1. The second kappa shape index (κ2) is 8.02. The van der Waals surface area contributed by atoms with E-state index in [0.29, 0.717) is 13.0 Å². The van der Waals surface area contributed by atoms with E-state index in [9.17, 15) is 14.3 Å². The summed E-state index contributed by atoms with van der Waals surface area (Å²) in [6, 6.07) is 14.6. The number of likely N-dealkylation sites (N-methyl/N-ethyl adjacent to an activating group) is 1. The zero-order valence-corrected chi connectivity index (χ0v) is 18.0. The van der Waals surface area contributed by atoms with Gasteiger partial charge < -0.3 is 10.0 Å². The molecule has 4 rings (SSSR count). The van der Waals surface area contributed by atoms with E-state index in [-0.39, 0.29) is 11.2 Å². The Labute approximate surface area is 181 Å². The Morgan fingerprint density at radius 3 is 2.65 bits per heavy atom. The number of rotatable bonds is 5. The minimum absolute atomic E-state index is 0.220. The number of hydrogen-bond acceptors (Lipinski definition) is 2. The van der Waals surface area contributed by atoms with Crippen molar-refractivity contribution in [1.82, 2.24) is 14.7 Å². The van der Waals surface area contributed by atoms with E-state index in [0.717, 1.165) is 28.9 Å². The van der Waals surface area contributed by atoms with Crippen LogP contribution in [0.5, 0.6) is 0 Å². The highest BCUT2D eigenvalue weighted by Gasteiger charge is 2.35. The van der Waals surface area contributed by atoms with Crippen molar-refractivity contribution in [3.05, 3.63) is 88.5 Å². The normalized spacial score (nSPS) is 17.7. The number of allylic oxidation sites excluding steroid dienone is 1. The summed E-state index contributed by atoms with van der Waals surface area (Å²) in [7, 11) is 1.59. The van der Waals surface area contributed by atoms with E-state index in [1.807, 2.05) is 23.0 Å². The minimum Gasteiger partial charge on any atom is -0.465 e. The van der Waals surface area contributed by atoms with Crippen molar-refractivity contribution in [3.63, 3.8) is 0 Å². The standard InChI is InChI=1S/C25H26FN3O2/c1-17-14-23-19(16-27-29(23)21-10-8-20(26)9-11-21)15-25(17,2)22-7-5-4-6-18(22)12-13-28(3)24(30)31/h4-11,14,16H,12-13,15H2,1-3H3,(H,30,31)/t25-/m1/s1. The maximum Gasteiger partial charge on any atom is 0.407 e. The van der Waals surface area contributed by atoms with E-state index in [2.05, 4.69) is 37.2 Å². The number of amides is 1. The van der Waals surface area contributed by atoms with Crippen LogP contribution in [0.3, 0.4) is 0 Å². The Kier molecular flexibility index (Phi) is 5.39. The lowest BCUT2D eigenvalue weighted by atomic mass is 9.68. The lowest BCUT2D eigenvalue weighted by Gasteiger charge is -2.36. The number of carbonyl (C=O) groups is 1. The zero-order chi connectivity index (χ0) is 22.2. The van der Waals surface area contributed by atoms with E-state index in [1.54, 1.807) is 19.2 Å². The number of fused-ring (bicyclic) bond motifs is 1. The van der Waals surface area contributed by atoms with Crippen molar-refractivity contribution in [2.45, 2.75) is 32.1 Å². The van der Waals surface area contributed by atoms with Crippen molar-refractivity contribution < 1.29 is 14.3 Å². The molecule has 0 aliphatic heterocycles. The summed E-state index contributed by atoms with van der Waals surface area (Å²) in [6.07, 6.45) is 4.58. The minimum atomic E-state index is -0.921. The van der Waals surface area contributed by atoms with Crippen LogP contribution in [0.1, 0.15) is 36.2 Å². The Morgan fingerprint density at radius 2 is 1.94 bits per heavy atom. The van der Waals surface area contributed by atoms with Crippen LogP contribution >= 0.6 is 0 Å². The summed E-state index contributed by atoms with van der Waals surface area (Å²) in [5.74, 6) is -0.269. The number of nitrogens with zero attached hydrogens (tertiary/aromatic N) is 3. The van der Waals surface area contributed by atoms with Gasteiger partial charge in [0.25, 0.3) is 0 Å². The van der Waals surface area contributed by atoms with Gasteiger partial charge in [0.2, 0.25) is 0 Å². The highest BCUT2D eigenvalue weighted by atomic mass is 19.1. The van der Waals surface area contributed by atoms with Gasteiger partial charge in [-0.1, -0.05) is 36.8 Å². The average molecular weight is 420 g/mol. The molecular weight excluding hydrogens is 393 g/mol. The van der Waals surface area contributed by atoms with Crippen LogP contribution < -0.4 is 0 Å². The molecule has 0 fully saturated rings. The van der Waals surface area contributed by atoms with Gasteiger partial charge in [-0.3, -0.25) is 0 Å². The molecule has 6 heteroatoms. The Balaban J connectivity index is 1.69. The molecule has 1 aliphatic carbocycles. The molecule has 0 radical (unpaired) electrons. The lowest BCUT2D eigenvalue weighted by molar-refractivity contribution is 0.156. The number of aromatic nitrogens is 2. The van der Waals surface area contributed by atoms with Gasteiger partial charge in [-0.25, -0.2) is 13.9 Å². The van der Waals surface area contributed by atoms with Crippen LogP contribution in [0.25, 0.3) is 11.8 Å². The van der Waals surface area contributed by atoms with Gasteiger partial charge in [0.15, 0.2) is 0 Å². The average Bonchev–Trinajstić information content (AvgIpc) is 3.15. The zero-order valence-electron chi connectivity index (χ0n) is 18.0. The fourth-order valence-corrected chi connectivity index (χ4v) is 4.32. The smallest absolute Gasteiger partial charge is 0.407 e. The number of benzene rings is 2. The summed E-state index contributed by atoms with van der Waals surface area (Å²) in [4.78, 5) is 12.5. The van der Waals surface area contributed by atoms with Gasteiger partial charge in [-0.2, -0.15) is 5.10 Å². The van der Waals surface area contributed by atoms with E-state index in [1.165, 1.54) is 28.2 Å². The molecule has 3 aromatic rings. The SMILES string of the molecule is CC1=Cc2c(cnn2-c2ccc(F)cc2)C[C@@]1(C)c1ccccc1CCN(C)C(=O)O. The molecule has 0 unspecified atom stereocenters. The molecule has 1 atom stereocenters. The van der Waals surface area contributed by atoms with Crippen molar-refractivity contribution in [1.29, 1.82) is 0 Å². The molecule has 1 N–H and O–H groups in total. The molecule has 2 aromatic carbocycles. The molecule has 0 saturated carbocycles.